The monoisotopic (exact) mass is 392 g/mol. The molecule has 2 aromatic heterocycles. The van der Waals surface area contributed by atoms with Crippen molar-refractivity contribution in [3.05, 3.63) is 54.0 Å². The molecule has 0 radical (unpaired) electrons. The molecule has 0 saturated heterocycles. The van der Waals surface area contributed by atoms with Gasteiger partial charge < -0.3 is 14.8 Å². The van der Waals surface area contributed by atoms with Gasteiger partial charge in [-0.15, -0.1) is 5.10 Å². The van der Waals surface area contributed by atoms with Crippen LogP contribution in [0.15, 0.2) is 47.0 Å². The first-order chi connectivity index (χ1) is 14.1. The fourth-order valence-electron chi connectivity index (χ4n) is 3.98. The summed E-state index contributed by atoms with van der Waals surface area (Å²) in [6, 6.07) is 12.8. The predicted molar refractivity (Wildman–Crippen MR) is 109 cm³/mol. The van der Waals surface area contributed by atoms with E-state index in [0.29, 0.717) is 30.2 Å². The van der Waals surface area contributed by atoms with Crippen LogP contribution in [0.5, 0.6) is 0 Å². The second-order valence-corrected chi connectivity index (χ2v) is 7.62. The van der Waals surface area contributed by atoms with Gasteiger partial charge in [-0.3, -0.25) is 9.78 Å². The van der Waals surface area contributed by atoms with Gasteiger partial charge in [-0.1, -0.05) is 29.4 Å². The lowest BCUT2D eigenvalue weighted by Gasteiger charge is -2.28. The maximum atomic E-state index is 10.9. The van der Waals surface area contributed by atoms with Crippen LogP contribution in [0.2, 0.25) is 0 Å². The minimum Gasteiger partial charge on any atom is -0.481 e. The first kappa shape index (κ1) is 19.1. The van der Waals surface area contributed by atoms with E-state index in [0.717, 1.165) is 42.6 Å². The number of aliphatic carboxylic acids is 1. The Morgan fingerprint density at radius 2 is 1.86 bits per heavy atom. The molecule has 0 bridgehead atoms. The van der Waals surface area contributed by atoms with E-state index in [2.05, 4.69) is 44.8 Å². The minimum absolute atomic E-state index is 0.300. The summed E-state index contributed by atoms with van der Waals surface area (Å²) in [5, 5.41) is 19.7. The minimum atomic E-state index is -0.682. The van der Waals surface area contributed by atoms with Crippen LogP contribution in [0, 0.1) is 12.8 Å². The van der Waals surface area contributed by atoms with E-state index in [9.17, 15) is 4.79 Å². The zero-order chi connectivity index (χ0) is 20.2. The predicted octanol–water partition coefficient (Wildman–Crippen LogP) is 4.93. The summed E-state index contributed by atoms with van der Waals surface area (Å²) in [5.74, 6) is 0.674. The van der Waals surface area contributed by atoms with Crippen LogP contribution >= 0.6 is 0 Å². The fraction of sp³-hybridized carbons (Fsp3) is 0.364. The van der Waals surface area contributed by atoms with Crippen molar-refractivity contribution < 1.29 is 14.3 Å². The van der Waals surface area contributed by atoms with Crippen molar-refractivity contribution in [2.45, 2.75) is 44.9 Å². The van der Waals surface area contributed by atoms with Crippen LogP contribution in [0.25, 0.3) is 11.3 Å². The van der Waals surface area contributed by atoms with Crippen molar-refractivity contribution in [3.63, 3.8) is 0 Å². The highest BCUT2D eigenvalue weighted by Crippen LogP contribution is 2.37. The molecular weight excluding hydrogens is 368 g/mol. The van der Waals surface area contributed by atoms with Crippen LogP contribution in [-0.4, -0.2) is 26.3 Å². The summed E-state index contributed by atoms with van der Waals surface area (Å²) in [5.41, 5.74) is 4.07. The number of rotatable bonds is 6. The second-order valence-electron chi connectivity index (χ2n) is 7.62. The summed E-state index contributed by atoms with van der Waals surface area (Å²) in [7, 11) is 0. The van der Waals surface area contributed by atoms with Gasteiger partial charge in [-0.25, -0.2) is 0 Å². The number of aryl methyl sites for hydroxylation is 1. The van der Waals surface area contributed by atoms with E-state index in [-0.39, 0.29) is 0 Å². The number of carboxylic acids is 1. The van der Waals surface area contributed by atoms with Gasteiger partial charge in [-0.2, -0.15) is 0 Å². The van der Waals surface area contributed by atoms with E-state index < -0.39 is 5.97 Å². The Morgan fingerprint density at radius 1 is 1.10 bits per heavy atom. The van der Waals surface area contributed by atoms with Crippen molar-refractivity contribution in [1.82, 2.24) is 15.2 Å². The molecule has 3 aromatic rings. The smallest absolute Gasteiger partial charge is 0.320 e. The SMILES string of the molecule is Cc1nnc(Nc2ccc(-c3ccc([C@H]4CC[C@H](CC(=O)O)CC4)cc3)nc2)o1. The third kappa shape index (κ3) is 4.80. The lowest BCUT2D eigenvalue weighted by atomic mass is 9.77. The molecule has 2 heterocycles. The van der Waals surface area contributed by atoms with E-state index in [4.69, 9.17) is 9.52 Å². The van der Waals surface area contributed by atoms with E-state index >= 15 is 0 Å². The molecule has 7 heteroatoms. The molecule has 0 aliphatic heterocycles. The number of carbonyl (C=O) groups is 1. The number of hydrogen-bond donors (Lipinski definition) is 2. The maximum absolute atomic E-state index is 10.9. The number of nitrogens with one attached hydrogen (secondary N) is 1. The highest BCUT2D eigenvalue weighted by atomic mass is 16.4. The normalized spacial score (nSPS) is 19.1. The van der Waals surface area contributed by atoms with E-state index in [1.807, 2.05) is 12.1 Å². The average molecular weight is 392 g/mol. The van der Waals surface area contributed by atoms with Gasteiger partial charge in [0.2, 0.25) is 5.89 Å². The Hall–Kier alpha value is -3.22. The van der Waals surface area contributed by atoms with Crippen molar-refractivity contribution in [3.8, 4) is 11.3 Å². The Morgan fingerprint density at radius 3 is 2.45 bits per heavy atom. The molecule has 1 fully saturated rings. The topological polar surface area (TPSA) is 101 Å². The molecule has 0 spiro atoms. The molecular formula is C22H24N4O3. The Kier molecular flexibility index (Phi) is 5.55. The highest BCUT2D eigenvalue weighted by Gasteiger charge is 2.23. The second kappa shape index (κ2) is 8.43. The quantitative estimate of drug-likeness (QED) is 0.613. The molecule has 150 valence electrons. The Balaban J connectivity index is 1.37. The lowest BCUT2D eigenvalue weighted by molar-refractivity contribution is -0.138. The summed E-state index contributed by atoms with van der Waals surface area (Å²) in [4.78, 5) is 15.4. The van der Waals surface area contributed by atoms with Crippen molar-refractivity contribution in [2.75, 3.05) is 5.32 Å². The van der Waals surface area contributed by atoms with Gasteiger partial charge in [0, 0.05) is 18.9 Å². The first-order valence-electron chi connectivity index (χ1n) is 9.92. The molecule has 29 heavy (non-hydrogen) atoms. The van der Waals surface area contributed by atoms with Crippen LogP contribution in [0.1, 0.15) is 49.5 Å². The number of carboxylic acid groups (broad SMARTS) is 1. The zero-order valence-corrected chi connectivity index (χ0v) is 16.3. The molecule has 1 saturated carbocycles. The zero-order valence-electron chi connectivity index (χ0n) is 16.3. The van der Waals surface area contributed by atoms with Gasteiger partial charge in [0.25, 0.3) is 0 Å². The number of anilines is 2. The molecule has 1 aliphatic carbocycles. The Bertz CT molecular complexity index is 958. The summed E-state index contributed by atoms with van der Waals surface area (Å²) in [6.45, 7) is 1.74. The molecule has 0 atom stereocenters. The molecule has 4 rings (SSSR count). The molecule has 0 amide bonds. The third-order valence-electron chi connectivity index (χ3n) is 5.53. The van der Waals surface area contributed by atoms with Crippen molar-refractivity contribution >= 4 is 17.7 Å². The number of aromatic nitrogens is 3. The third-order valence-corrected chi connectivity index (χ3v) is 5.53. The van der Waals surface area contributed by atoms with E-state index in [1.54, 1.807) is 13.1 Å². The Labute approximate surface area is 169 Å². The molecule has 1 aliphatic rings. The summed E-state index contributed by atoms with van der Waals surface area (Å²) in [6.07, 6.45) is 6.15. The first-order valence-corrected chi connectivity index (χ1v) is 9.92. The summed E-state index contributed by atoms with van der Waals surface area (Å²) >= 11 is 0. The van der Waals surface area contributed by atoms with Gasteiger partial charge in [0.1, 0.15) is 0 Å². The van der Waals surface area contributed by atoms with Gasteiger partial charge >= 0.3 is 12.0 Å². The lowest BCUT2D eigenvalue weighted by Crippen LogP contribution is -2.16. The van der Waals surface area contributed by atoms with Crippen LogP contribution < -0.4 is 5.32 Å². The number of benzene rings is 1. The molecule has 1 aromatic carbocycles. The molecule has 0 unspecified atom stereocenters. The van der Waals surface area contributed by atoms with Gasteiger partial charge in [0.15, 0.2) is 0 Å². The molecule has 2 N–H and O–H groups in total. The standard InChI is InChI=1S/C22H24N4O3/c1-14-25-26-22(29-14)24-19-10-11-20(23-13-19)18-8-6-17(7-9-18)16-4-2-15(3-5-16)12-21(27)28/h6-11,13,15-16H,2-5,12H2,1H3,(H,24,26)(H,27,28)/t15-,16-. The van der Waals surface area contributed by atoms with Crippen LogP contribution in [0.4, 0.5) is 11.7 Å². The van der Waals surface area contributed by atoms with Crippen molar-refractivity contribution in [2.24, 2.45) is 5.92 Å². The number of hydrogen-bond acceptors (Lipinski definition) is 6. The largest absolute Gasteiger partial charge is 0.481 e. The van der Waals surface area contributed by atoms with Crippen molar-refractivity contribution in [1.29, 1.82) is 0 Å². The molecule has 7 nitrogen and oxygen atoms in total. The summed E-state index contributed by atoms with van der Waals surface area (Å²) < 4.78 is 5.31. The van der Waals surface area contributed by atoms with Crippen LogP contribution in [0.3, 0.4) is 0 Å². The number of nitrogens with zero attached hydrogens (tertiary/aromatic N) is 3. The van der Waals surface area contributed by atoms with Gasteiger partial charge in [-0.05, 0) is 55.2 Å². The van der Waals surface area contributed by atoms with Crippen LogP contribution in [-0.2, 0) is 4.79 Å². The van der Waals surface area contributed by atoms with Gasteiger partial charge in [0.05, 0.1) is 17.6 Å². The number of pyridine rings is 1. The van der Waals surface area contributed by atoms with E-state index in [1.165, 1.54) is 5.56 Å². The maximum Gasteiger partial charge on any atom is 0.320 e. The fourth-order valence-corrected chi connectivity index (χ4v) is 3.98. The average Bonchev–Trinajstić information content (AvgIpc) is 3.13. The highest BCUT2D eigenvalue weighted by molar-refractivity contribution is 5.67.